The standard InChI is InChI=1S/C10H12N6O/c11-8-9(13-6-14-10(8)17)16-4-3-15-2-1-12-7(15)5-16/h1-2,6H,3-5,11H2,(H,13,14,17). The maximum absolute atomic E-state index is 11.4. The molecule has 0 unspecified atom stereocenters. The molecule has 0 radical (unpaired) electrons. The van der Waals surface area contributed by atoms with Crippen molar-refractivity contribution in [2.45, 2.75) is 13.1 Å². The second-order valence-electron chi connectivity index (χ2n) is 3.93. The van der Waals surface area contributed by atoms with E-state index < -0.39 is 0 Å². The number of anilines is 2. The van der Waals surface area contributed by atoms with Gasteiger partial charge in [0.05, 0.1) is 12.9 Å². The molecule has 0 aliphatic carbocycles. The second-order valence-corrected chi connectivity index (χ2v) is 3.93. The highest BCUT2D eigenvalue weighted by Gasteiger charge is 2.20. The number of aromatic nitrogens is 4. The fraction of sp³-hybridized carbons (Fsp3) is 0.300. The highest BCUT2D eigenvalue weighted by atomic mass is 16.1. The first-order chi connectivity index (χ1) is 8.25. The molecule has 0 saturated carbocycles. The Hall–Kier alpha value is -2.31. The van der Waals surface area contributed by atoms with E-state index in [-0.39, 0.29) is 11.2 Å². The largest absolute Gasteiger partial charge is 0.391 e. The summed E-state index contributed by atoms with van der Waals surface area (Å²) in [6, 6.07) is 0. The topological polar surface area (TPSA) is 92.8 Å². The highest BCUT2D eigenvalue weighted by molar-refractivity contribution is 5.60. The fourth-order valence-corrected chi connectivity index (χ4v) is 2.01. The summed E-state index contributed by atoms with van der Waals surface area (Å²) in [4.78, 5) is 24.2. The number of nitrogens with one attached hydrogen (secondary N) is 1. The van der Waals surface area contributed by atoms with Crippen LogP contribution in [0.5, 0.6) is 0 Å². The monoisotopic (exact) mass is 232 g/mol. The second kappa shape index (κ2) is 3.62. The van der Waals surface area contributed by atoms with Gasteiger partial charge in [-0.2, -0.15) is 0 Å². The van der Waals surface area contributed by atoms with E-state index in [1.807, 2.05) is 11.1 Å². The number of nitrogen functional groups attached to an aromatic ring is 1. The molecule has 0 atom stereocenters. The predicted molar refractivity (Wildman–Crippen MR) is 62.5 cm³/mol. The number of fused-ring (bicyclic) bond motifs is 1. The van der Waals surface area contributed by atoms with Crippen LogP contribution in [0.4, 0.5) is 11.5 Å². The molecule has 0 bridgehead atoms. The van der Waals surface area contributed by atoms with Gasteiger partial charge in [-0.25, -0.2) is 9.97 Å². The lowest BCUT2D eigenvalue weighted by molar-refractivity contribution is 0.556. The predicted octanol–water partition coefficient (Wildman–Crippen LogP) is -0.431. The first-order valence-corrected chi connectivity index (χ1v) is 5.34. The number of nitrogens with two attached hydrogens (primary N) is 1. The molecule has 1 aliphatic rings. The first-order valence-electron chi connectivity index (χ1n) is 5.34. The van der Waals surface area contributed by atoms with Crippen molar-refractivity contribution in [3.05, 3.63) is 34.9 Å². The van der Waals surface area contributed by atoms with Gasteiger partial charge in [-0.05, 0) is 0 Å². The van der Waals surface area contributed by atoms with Gasteiger partial charge >= 0.3 is 0 Å². The molecule has 0 fully saturated rings. The third kappa shape index (κ3) is 1.55. The highest BCUT2D eigenvalue weighted by Crippen LogP contribution is 2.20. The Morgan fingerprint density at radius 3 is 3.12 bits per heavy atom. The SMILES string of the molecule is Nc1c(N2CCn3ccnc3C2)nc[nH]c1=O. The Labute approximate surface area is 96.9 Å². The molecule has 0 spiro atoms. The smallest absolute Gasteiger partial charge is 0.276 e. The van der Waals surface area contributed by atoms with Crippen LogP contribution in [0, 0.1) is 0 Å². The summed E-state index contributed by atoms with van der Waals surface area (Å²) in [5, 5.41) is 0. The van der Waals surface area contributed by atoms with Crippen molar-refractivity contribution in [1.82, 2.24) is 19.5 Å². The average Bonchev–Trinajstić information content (AvgIpc) is 2.79. The molecule has 3 N–H and O–H groups in total. The Kier molecular flexibility index (Phi) is 2.10. The van der Waals surface area contributed by atoms with Gasteiger partial charge in [0.2, 0.25) is 0 Å². The van der Waals surface area contributed by atoms with E-state index in [0.717, 1.165) is 18.9 Å². The minimum Gasteiger partial charge on any atom is -0.391 e. The molecule has 2 aromatic heterocycles. The van der Waals surface area contributed by atoms with Gasteiger partial charge in [0.1, 0.15) is 11.5 Å². The van der Waals surface area contributed by atoms with Gasteiger partial charge in [-0.1, -0.05) is 0 Å². The summed E-state index contributed by atoms with van der Waals surface area (Å²) < 4.78 is 2.08. The van der Waals surface area contributed by atoms with Crippen LogP contribution in [0.1, 0.15) is 5.82 Å². The number of hydrogen-bond acceptors (Lipinski definition) is 5. The number of aromatic amines is 1. The van der Waals surface area contributed by atoms with Crippen molar-refractivity contribution in [3.63, 3.8) is 0 Å². The molecule has 3 rings (SSSR count). The van der Waals surface area contributed by atoms with Crippen LogP contribution in [0.2, 0.25) is 0 Å². The molecule has 2 aromatic rings. The van der Waals surface area contributed by atoms with E-state index in [1.165, 1.54) is 6.33 Å². The number of H-pyrrole nitrogens is 1. The zero-order valence-electron chi connectivity index (χ0n) is 9.13. The van der Waals surface area contributed by atoms with E-state index in [9.17, 15) is 4.79 Å². The van der Waals surface area contributed by atoms with Crippen molar-refractivity contribution >= 4 is 11.5 Å². The summed E-state index contributed by atoms with van der Waals surface area (Å²) in [5.74, 6) is 1.49. The zero-order valence-corrected chi connectivity index (χ0v) is 9.13. The van der Waals surface area contributed by atoms with Gasteiger partial charge in [0.15, 0.2) is 5.82 Å². The number of nitrogens with zero attached hydrogens (tertiary/aromatic N) is 4. The molecular weight excluding hydrogens is 220 g/mol. The molecule has 0 saturated heterocycles. The van der Waals surface area contributed by atoms with Crippen molar-refractivity contribution in [2.75, 3.05) is 17.2 Å². The lowest BCUT2D eigenvalue weighted by Gasteiger charge is -2.28. The number of rotatable bonds is 1. The van der Waals surface area contributed by atoms with E-state index in [1.54, 1.807) is 6.20 Å². The molecule has 1 aliphatic heterocycles. The third-order valence-corrected chi connectivity index (χ3v) is 2.91. The maximum Gasteiger partial charge on any atom is 0.276 e. The van der Waals surface area contributed by atoms with E-state index in [2.05, 4.69) is 19.5 Å². The van der Waals surface area contributed by atoms with Crippen LogP contribution < -0.4 is 16.2 Å². The average molecular weight is 232 g/mol. The van der Waals surface area contributed by atoms with E-state index in [4.69, 9.17) is 5.73 Å². The molecule has 0 amide bonds. The minimum atomic E-state index is -0.302. The Bertz CT molecular complexity index is 601. The third-order valence-electron chi connectivity index (χ3n) is 2.91. The van der Waals surface area contributed by atoms with Crippen LogP contribution in [0.3, 0.4) is 0 Å². The summed E-state index contributed by atoms with van der Waals surface area (Å²) in [6.45, 7) is 2.21. The summed E-state index contributed by atoms with van der Waals surface area (Å²) in [6.07, 6.45) is 5.09. The number of hydrogen-bond donors (Lipinski definition) is 2. The normalized spacial score (nSPS) is 14.7. The lowest BCUT2D eigenvalue weighted by Crippen LogP contribution is -2.35. The first kappa shape index (κ1) is 9.88. The van der Waals surface area contributed by atoms with Crippen LogP contribution in [-0.4, -0.2) is 26.1 Å². The Morgan fingerprint density at radius 1 is 1.35 bits per heavy atom. The summed E-state index contributed by atoms with van der Waals surface area (Å²) in [5.41, 5.74) is 5.59. The Morgan fingerprint density at radius 2 is 2.24 bits per heavy atom. The van der Waals surface area contributed by atoms with Crippen molar-refractivity contribution in [2.24, 2.45) is 0 Å². The van der Waals surface area contributed by atoms with Crippen molar-refractivity contribution < 1.29 is 0 Å². The molecule has 17 heavy (non-hydrogen) atoms. The summed E-state index contributed by atoms with van der Waals surface area (Å²) >= 11 is 0. The fourth-order valence-electron chi connectivity index (χ4n) is 2.01. The van der Waals surface area contributed by atoms with Gasteiger partial charge < -0.3 is 20.2 Å². The van der Waals surface area contributed by atoms with Crippen LogP contribution >= 0.6 is 0 Å². The van der Waals surface area contributed by atoms with E-state index in [0.29, 0.717) is 12.4 Å². The lowest BCUT2D eigenvalue weighted by atomic mass is 10.3. The van der Waals surface area contributed by atoms with Crippen LogP contribution in [0.25, 0.3) is 0 Å². The number of imidazole rings is 1. The maximum atomic E-state index is 11.4. The molecule has 88 valence electrons. The zero-order chi connectivity index (χ0) is 11.8. The molecule has 7 nitrogen and oxygen atoms in total. The molecule has 7 heteroatoms. The van der Waals surface area contributed by atoms with Crippen LogP contribution in [-0.2, 0) is 13.1 Å². The molecule has 0 aromatic carbocycles. The van der Waals surface area contributed by atoms with Crippen molar-refractivity contribution in [1.29, 1.82) is 0 Å². The minimum absolute atomic E-state index is 0.160. The van der Waals surface area contributed by atoms with Crippen LogP contribution in [0.15, 0.2) is 23.5 Å². The van der Waals surface area contributed by atoms with Gasteiger partial charge in [-0.3, -0.25) is 4.79 Å². The van der Waals surface area contributed by atoms with Gasteiger partial charge in [0.25, 0.3) is 5.56 Å². The van der Waals surface area contributed by atoms with E-state index >= 15 is 0 Å². The Balaban J connectivity index is 1.97. The van der Waals surface area contributed by atoms with Crippen molar-refractivity contribution in [3.8, 4) is 0 Å². The van der Waals surface area contributed by atoms with Gasteiger partial charge in [-0.15, -0.1) is 0 Å². The molecular formula is C10H12N6O. The van der Waals surface area contributed by atoms with Gasteiger partial charge in [0, 0.05) is 25.5 Å². The summed E-state index contributed by atoms with van der Waals surface area (Å²) in [7, 11) is 0. The quantitative estimate of drug-likeness (QED) is 0.696. The molecule has 3 heterocycles.